The summed E-state index contributed by atoms with van der Waals surface area (Å²) in [6, 6.07) is 9.96. The Morgan fingerprint density at radius 3 is 2.75 bits per heavy atom. The van der Waals surface area contributed by atoms with E-state index in [2.05, 4.69) is 33.7 Å². The fourth-order valence-electron chi connectivity index (χ4n) is 2.84. The third-order valence-corrected chi connectivity index (χ3v) is 5.01. The number of halogens is 1. The van der Waals surface area contributed by atoms with Gasteiger partial charge < -0.3 is 15.5 Å². The Hall–Kier alpha value is -1.72. The average Bonchev–Trinajstić information content (AvgIpc) is 3.04. The van der Waals surface area contributed by atoms with Crippen LogP contribution in [0.4, 0.5) is 16.2 Å². The van der Waals surface area contributed by atoms with Gasteiger partial charge in [0.2, 0.25) is 0 Å². The van der Waals surface area contributed by atoms with E-state index in [1.807, 2.05) is 32.9 Å². The molecule has 0 fully saturated rings. The molecule has 2 N–H and O–H groups in total. The van der Waals surface area contributed by atoms with Crippen molar-refractivity contribution in [3.63, 3.8) is 0 Å². The molecule has 3 rings (SSSR count). The molecule has 1 aliphatic heterocycles. The first kappa shape index (κ1) is 17.1. The average molecular weight is 364 g/mol. The van der Waals surface area contributed by atoms with Gasteiger partial charge in [0, 0.05) is 28.3 Å². The number of urea groups is 1. The number of hydrogen-bond acceptors (Lipinski definition) is 3. The second kappa shape index (κ2) is 6.65. The van der Waals surface area contributed by atoms with Crippen molar-refractivity contribution < 1.29 is 4.79 Å². The summed E-state index contributed by atoms with van der Waals surface area (Å²) in [4.78, 5) is 15.6. The third kappa shape index (κ3) is 4.22. The SMILES string of the molecule is CC(C)(C)NC(=O)Nc1ccc2c(c1)CCN2Cc1ccc(Cl)s1. The van der Waals surface area contributed by atoms with Crippen LogP contribution >= 0.6 is 22.9 Å². The number of carbonyl (C=O) groups excluding carboxylic acids is 1. The molecule has 0 bridgehead atoms. The molecule has 1 aliphatic rings. The van der Waals surface area contributed by atoms with E-state index in [0.29, 0.717) is 0 Å². The highest BCUT2D eigenvalue weighted by molar-refractivity contribution is 7.16. The molecule has 24 heavy (non-hydrogen) atoms. The molecule has 0 unspecified atom stereocenters. The Balaban J connectivity index is 1.68. The minimum atomic E-state index is -0.250. The van der Waals surface area contributed by atoms with Crippen LogP contribution in [0.15, 0.2) is 30.3 Å². The number of thiophene rings is 1. The maximum absolute atomic E-state index is 12.0. The lowest BCUT2D eigenvalue weighted by Crippen LogP contribution is -2.43. The molecule has 2 aromatic rings. The topological polar surface area (TPSA) is 44.4 Å². The molecule has 0 radical (unpaired) electrons. The molecule has 1 aromatic carbocycles. The summed E-state index contributed by atoms with van der Waals surface area (Å²) >= 11 is 7.64. The lowest BCUT2D eigenvalue weighted by atomic mass is 10.1. The molecule has 2 amide bonds. The summed E-state index contributed by atoms with van der Waals surface area (Å²) in [6.45, 7) is 7.75. The lowest BCUT2D eigenvalue weighted by Gasteiger charge is -2.21. The maximum Gasteiger partial charge on any atom is 0.319 e. The second-order valence-corrected chi connectivity index (χ2v) is 8.85. The molecule has 4 nitrogen and oxygen atoms in total. The van der Waals surface area contributed by atoms with Crippen LogP contribution in [0.3, 0.4) is 0 Å². The summed E-state index contributed by atoms with van der Waals surface area (Å²) in [5.41, 5.74) is 3.09. The number of anilines is 2. The van der Waals surface area contributed by atoms with Gasteiger partial charge in [-0.25, -0.2) is 4.79 Å². The van der Waals surface area contributed by atoms with Crippen molar-refractivity contribution in [1.82, 2.24) is 5.32 Å². The minimum absolute atomic E-state index is 0.175. The Bertz CT molecular complexity index is 751. The highest BCUT2D eigenvalue weighted by Crippen LogP contribution is 2.33. The lowest BCUT2D eigenvalue weighted by molar-refractivity contribution is 0.244. The number of amides is 2. The van der Waals surface area contributed by atoms with Crippen molar-refractivity contribution in [2.45, 2.75) is 39.3 Å². The monoisotopic (exact) mass is 363 g/mol. The minimum Gasteiger partial charge on any atom is -0.366 e. The Kier molecular flexibility index (Phi) is 4.74. The van der Waals surface area contributed by atoms with Crippen LogP contribution in [0.2, 0.25) is 4.34 Å². The molecule has 2 heterocycles. The normalized spacial score (nSPS) is 13.8. The van der Waals surface area contributed by atoms with Gasteiger partial charge in [-0.3, -0.25) is 0 Å². The van der Waals surface area contributed by atoms with Crippen LogP contribution in [0, 0.1) is 0 Å². The Morgan fingerprint density at radius 1 is 1.29 bits per heavy atom. The smallest absolute Gasteiger partial charge is 0.319 e. The van der Waals surface area contributed by atoms with Gasteiger partial charge in [-0.2, -0.15) is 0 Å². The number of carbonyl (C=O) groups is 1. The van der Waals surface area contributed by atoms with Crippen molar-refractivity contribution in [3.8, 4) is 0 Å². The van der Waals surface area contributed by atoms with Gasteiger partial charge in [0.05, 0.1) is 10.9 Å². The zero-order chi connectivity index (χ0) is 17.3. The van der Waals surface area contributed by atoms with Crippen LogP contribution in [-0.4, -0.2) is 18.1 Å². The molecule has 1 aromatic heterocycles. The van der Waals surface area contributed by atoms with Gasteiger partial charge >= 0.3 is 6.03 Å². The fraction of sp³-hybridized carbons (Fsp3) is 0.389. The van der Waals surface area contributed by atoms with Crippen molar-refractivity contribution in [2.75, 3.05) is 16.8 Å². The molecular weight excluding hydrogens is 342 g/mol. The summed E-state index contributed by atoms with van der Waals surface area (Å²) in [5, 5.41) is 5.82. The van der Waals surface area contributed by atoms with Crippen LogP contribution in [-0.2, 0) is 13.0 Å². The van der Waals surface area contributed by atoms with Gasteiger partial charge in [-0.1, -0.05) is 11.6 Å². The standard InChI is InChI=1S/C18H22ClN3OS/c1-18(2,3)21-17(23)20-13-4-6-15-12(10-13)8-9-22(15)11-14-5-7-16(19)24-14/h4-7,10H,8-9,11H2,1-3H3,(H2,20,21,23). The van der Waals surface area contributed by atoms with E-state index in [-0.39, 0.29) is 11.6 Å². The first-order chi connectivity index (χ1) is 11.3. The zero-order valence-electron chi connectivity index (χ0n) is 14.1. The van der Waals surface area contributed by atoms with E-state index in [0.717, 1.165) is 29.5 Å². The first-order valence-electron chi connectivity index (χ1n) is 8.01. The van der Waals surface area contributed by atoms with E-state index in [1.165, 1.54) is 16.1 Å². The molecule has 0 atom stereocenters. The van der Waals surface area contributed by atoms with Crippen molar-refractivity contribution in [2.24, 2.45) is 0 Å². The number of fused-ring (bicyclic) bond motifs is 1. The quantitative estimate of drug-likeness (QED) is 0.815. The molecule has 0 aliphatic carbocycles. The van der Waals surface area contributed by atoms with E-state index in [9.17, 15) is 4.79 Å². The summed E-state index contributed by atoms with van der Waals surface area (Å²) in [6.07, 6.45) is 0.991. The fourth-order valence-corrected chi connectivity index (χ4v) is 3.94. The molecule has 6 heteroatoms. The van der Waals surface area contributed by atoms with E-state index in [4.69, 9.17) is 11.6 Å². The number of nitrogens with zero attached hydrogens (tertiary/aromatic N) is 1. The van der Waals surface area contributed by atoms with Gasteiger partial charge in [0.15, 0.2) is 0 Å². The van der Waals surface area contributed by atoms with Crippen LogP contribution in [0.5, 0.6) is 0 Å². The molecule has 128 valence electrons. The van der Waals surface area contributed by atoms with Crippen molar-refractivity contribution in [3.05, 3.63) is 45.1 Å². The molecule has 0 spiro atoms. The third-order valence-electron chi connectivity index (χ3n) is 3.79. The van der Waals surface area contributed by atoms with Crippen LogP contribution in [0.1, 0.15) is 31.2 Å². The Morgan fingerprint density at radius 2 is 2.08 bits per heavy atom. The van der Waals surface area contributed by atoms with Crippen molar-refractivity contribution >= 4 is 40.3 Å². The molecular formula is C18H22ClN3OS. The number of hydrogen-bond donors (Lipinski definition) is 2. The second-order valence-electron chi connectivity index (χ2n) is 7.05. The highest BCUT2D eigenvalue weighted by atomic mass is 35.5. The van der Waals surface area contributed by atoms with Gasteiger partial charge in [-0.15, -0.1) is 11.3 Å². The predicted octanol–water partition coefficient (Wildman–Crippen LogP) is 4.88. The molecule has 0 saturated heterocycles. The summed E-state index contributed by atoms with van der Waals surface area (Å²) < 4.78 is 0.828. The van der Waals surface area contributed by atoms with Crippen LogP contribution in [0.25, 0.3) is 0 Å². The largest absolute Gasteiger partial charge is 0.366 e. The maximum atomic E-state index is 12.0. The van der Waals surface area contributed by atoms with Crippen molar-refractivity contribution in [1.29, 1.82) is 0 Å². The van der Waals surface area contributed by atoms with E-state index in [1.54, 1.807) is 11.3 Å². The number of nitrogens with one attached hydrogen (secondary N) is 2. The number of benzene rings is 1. The van der Waals surface area contributed by atoms with E-state index < -0.39 is 0 Å². The van der Waals surface area contributed by atoms with Gasteiger partial charge in [0.25, 0.3) is 0 Å². The Labute approximate surface area is 151 Å². The summed E-state index contributed by atoms with van der Waals surface area (Å²) in [5.74, 6) is 0. The first-order valence-corrected chi connectivity index (χ1v) is 9.21. The number of rotatable bonds is 3. The highest BCUT2D eigenvalue weighted by Gasteiger charge is 2.21. The zero-order valence-corrected chi connectivity index (χ0v) is 15.7. The summed E-state index contributed by atoms with van der Waals surface area (Å²) in [7, 11) is 0. The molecule has 0 saturated carbocycles. The van der Waals surface area contributed by atoms with Gasteiger partial charge in [-0.05, 0) is 63.1 Å². The predicted molar refractivity (Wildman–Crippen MR) is 102 cm³/mol. The van der Waals surface area contributed by atoms with E-state index >= 15 is 0 Å². The van der Waals surface area contributed by atoms with Gasteiger partial charge in [0.1, 0.15) is 0 Å². The van der Waals surface area contributed by atoms with Crippen LogP contribution < -0.4 is 15.5 Å².